The highest BCUT2D eigenvalue weighted by Gasteiger charge is 2.16. The van der Waals surface area contributed by atoms with Crippen LogP contribution in [0.15, 0.2) is 29.2 Å². The Morgan fingerprint density at radius 3 is 2.03 bits per heavy atom. The summed E-state index contributed by atoms with van der Waals surface area (Å²) in [5.41, 5.74) is -0.460. The van der Waals surface area contributed by atoms with E-state index in [4.69, 9.17) is 9.47 Å². The van der Waals surface area contributed by atoms with Crippen LogP contribution in [0.25, 0.3) is 0 Å². The quantitative estimate of drug-likeness (QED) is 0.280. The van der Waals surface area contributed by atoms with Crippen LogP contribution in [0, 0.1) is 31.6 Å². The van der Waals surface area contributed by atoms with Crippen LogP contribution in [0.3, 0.4) is 0 Å². The van der Waals surface area contributed by atoms with E-state index in [2.05, 4.69) is 61.3 Å². The molecule has 0 heterocycles. The number of benzene rings is 1. The van der Waals surface area contributed by atoms with Crippen LogP contribution in [0.2, 0.25) is 0 Å². The van der Waals surface area contributed by atoms with Crippen LogP contribution < -0.4 is 10.1 Å². The molecule has 0 spiro atoms. The van der Waals surface area contributed by atoms with Gasteiger partial charge in [-0.1, -0.05) is 27.7 Å². The number of rotatable bonds is 9. The van der Waals surface area contributed by atoms with Gasteiger partial charge in [0.15, 0.2) is 0 Å². The average Bonchev–Trinajstić information content (AvgIpc) is 2.74. The zero-order valence-electron chi connectivity index (χ0n) is 20.6. The smallest absolute Gasteiger partial charge is 0.407 e. The molecule has 0 saturated heterocycles. The van der Waals surface area contributed by atoms with Crippen LogP contribution in [-0.4, -0.2) is 42.7 Å². The summed E-state index contributed by atoms with van der Waals surface area (Å²) in [6, 6.07) is 8.07. The van der Waals surface area contributed by atoms with E-state index in [0.717, 1.165) is 25.3 Å². The maximum atomic E-state index is 11.7. The van der Waals surface area contributed by atoms with Gasteiger partial charge in [0.25, 0.3) is 0 Å². The summed E-state index contributed by atoms with van der Waals surface area (Å²) in [6.45, 7) is 16.5. The zero-order valence-corrected chi connectivity index (χ0v) is 21.4. The van der Waals surface area contributed by atoms with Crippen molar-refractivity contribution >= 4 is 18.0 Å². The average molecular weight is 451 g/mol. The highest BCUT2D eigenvalue weighted by atomic mass is 32.2. The van der Waals surface area contributed by atoms with Crippen molar-refractivity contribution in [2.45, 2.75) is 65.4 Å². The molecule has 0 atom stereocenters. The minimum atomic E-state index is -0.460. The number of carbonyl (C=O) groups is 1. The van der Waals surface area contributed by atoms with Crippen molar-refractivity contribution in [1.29, 1.82) is 0 Å². The van der Waals surface area contributed by atoms with Gasteiger partial charge in [-0.05, 0) is 69.3 Å². The Morgan fingerprint density at radius 1 is 1.10 bits per heavy atom. The first kappa shape index (κ1) is 33.4. The third-order valence-corrected chi connectivity index (χ3v) is 4.19. The second kappa shape index (κ2) is 21.0. The Morgan fingerprint density at radius 2 is 1.61 bits per heavy atom. The molecule has 6 heteroatoms. The van der Waals surface area contributed by atoms with Gasteiger partial charge in [-0.3, -0.25) is 0 Å². The molecule has 0 aliphatic carbocycles. The highest BCUT2D eigenvalue weighted by Crippen LogP contribution is 2.25. The molecule has 1 aromatic rings. The monoisotopic (exact) mass is 450 g/mol. The maximum Gasteiger partial charge on any atom is 0.407 e. The number of nitrogens with zero attached hydrogens (tertiary/aromatic N) is 1. The Hall–Kier alpha value is -2.28. The number of amides is 1. The number of terminal acetylenes is 2. The third-order valence-electron chi connectivity index (χ3n) is 3.12. The second-order valence-corrected chi connectivity index (χ2v) is 8.50. The summed E-state index contributed by atoms with van der Waals surface area (Å²) in [5.74, 6) is 1.44. The van der Waals surface area contributed by atoms with Crippen molar-refractivity contribution in [2.75, 3.05) is 26.7 Å². The first-order chi connectivity index (χ1) is 14.7. The summed E-state index contributed by atoms with van der Waals surface area (Å²) in [4.78, 5) is 12.9. The van der Waals surface area contributed by atoms with E-state index < -0.39 is 5.60 Å². The number of nitrogens with one attached hydrogen (secondary N) is 1. The molecule has 5 nitrogen and oxygen atoms in total. The van der Waals surface area contributed by atoms with Gasteiger partial charge in [0.1, 0.15) is 11.4 Å². The lowest BCUT2D eigenvalue weighted by atomic mass is 10.2. The topological polar surface area (TPSA) is 50.8 Å². The van der Waals surface area contributed by atoms with Gasteiger partial charge in [-0.15, -0.1) is 25.7 Å². The highest BCUT2D eigenvalue weighted by molar-refractivity contribution is 7.97. The van der Waals surface area contributed by atoms with E-state index in [0.29, 0.717) is 12.5 Å². The fraction of sp³-hybridized carbons (Fsp3) is 0.560. The standard InChI is InChI=1S/C19H32N2O3S.C2H6.2C2H2/c1-15(2)14-21(25-17-10-8-16(23-6)9-11-17)13-7-12-20-18(22)24-19(3,4)5;3*1-2/h8-11,15H,7,12-14H2,1-6H3,(H,20,22);1-2H3;2*1-2H. The number of methoxy groups -OCH3 is 1. The molecular formula is C25H42N2O3S. The minimum absolute atomic E-state index is 0.356. The summed E-state index contributed by atoms with van der Waals surface area (Å²) >= 11 is 1.74. The van der Waals surface area contributed by atoms with Gasteiger partial charge in [0.2, 0.25) is 0 Å². The van der Waals surface area contributed by atoms with Gasteiger partial charge in [-0.2, -0.15) is 0 Å². The second-order valence-electron chi connectivity index (χ2n) is 7.33. The van der Waals surface area contributed by atoms with Crippen LogP contribution in [0.1, 0.15) is 54.9 Å². The molecule has 0 aliphatic rings. The summed E-state index contributed by atoms with van der Waals surface area (Å²) in [5, 5.41) is 2.81. The Kier molecular flexibility index (Phi) is 22.6. The largest absolute Gasteiger partial charge is 0.497 e. The number of ether oxygens (including phenoxy) is 2. The first-order valence-electron chi connectivity index (χ1n) is 10.4. The Bertz CT molecular complexity index is 584. The minimum Gasteiger partial charge on any atom is -0.497 e. The molecule has 31 heavy (non-hydrogen) atoms. The molecule has 0 radical (unpaired) electrons. The number of hydrogen-bond donors (Lipinski definition) is 1. The molecule has 0 bridgehead atoms. The fourth-order valence-corrected chi connectivity index (χ4v) is 3.28. The maximum absolute atomic E-state index is 11.7. The molecule has 1 amide bonds. The van der Waals surface area contributed by atoms with Gasteiger partial charge in [0.05, 0.1) is 7.11 Å². The van der Waals surface area contributed by atoms with Crippen LogP contribution in [0.4, 0.5) is 4.79 Å². The SMILES string of the molecule is C#C.C#C.CC.COc1ccc(SN(CCCNC(=O)OC(C)(C)C)CC(C)C)cc1. The fourth-order valence-electron chi connectivity index (χ4n) is 2.13. The summed E-state index contributed by atoms with van der Waals surface area (Å²) in [6.07, 6.45) is 16.5. The molecule has 1 N–H and O–H groups in total. The number of hydrogen-bond acceptors (Lipinski definition) is 5. The molecule has 176 valence electrons. The Balaban J connectivity index is -0.00000120. The normalized spacial score (nSPS) is 9.74. The van der Waals surface area contributed by atoms with E-state index >= 15 is 0 Å². The van der Waals surface area contributed by atoms with Crippen molar-refractivity contribution < 1.29 is 14.3 Å². The zero-order chi connectivity index (χ0) is 24.9. The van der Waals surface area contributed by atoms with E-state index in [9.17, 15) is 4.79 Å². The molecule has 0 unspecified atom stereocenters. The molecule has 0 aromatic heterocycles. The first-order valence-corrected chi connectivity index (χ1v) is 11.2. The van der Waals surface area contributed by atoms with Crippen molar-refractivity contribution in [3.05, 3.63) is 24.3 Å². The van der Waals surface area contributed by atoms with Gasteiger partial charge in [-0.25, -0.2) is 9.10 Å². The van der Waals surface area contributed by atoms with Crippen molar-refractivity contribution in [3.63, 3.8) is 0 Å². The molecular weight excluding hydrogens is 408 g/mol. The van der Waals surface area contributed by atoms with E-state index in [-0.39, 0.29) is 6.09 Å². The Labute approximate surface area is 195 Å². The molecule has 0 fully saturated rings. The third kappa shape index (κ3) is 20.8. The van der Waals surface area contributed by atoms with Crippen LogP contribution in [0.5, 0.6) is 5.75 Å². The lowest BCUT2D eigenvalue weighted by Gasteiger charge is -2.23. The van der Waals surface area contributed by atoms with Gasteiger partial charge >= 0.3 is 6.09 Å². The van der Waals surface area contributed by atoms with Crippen molar-refractivity contribution in [1.82, 2.24) is 9.62 Å². The summed E-state index contributed by atoms with van der Waals surface area (Å²) < 4.78 is 12.8. The van der Waals surface area contributed by atoms with Crippen molar-refractivity contribution in [3.8, 4) is 31.4 Å². The van der Waals surface area contributed by atoms with E-state index in [1.165, 1.54) is 4.90 Å². The molecule has 1 aromatic carbocycles. The van der Waals surface area contributed by atoms with E-state index in [1.54, 1.807) is 19.1 Å². The van der Waals surface area contributed by atoms with Crippen LogP contribution >= 0.6 is 11.9 Å². The molecule has 1 rings (SSSR count). The van der Waals surface area contributed by atoms with Gasteiger partial charge in [0, 0.05) is 24.5 Å². The number of carbonyl (C=O) groups excluding carboxylic acids is 1. The van der Waals surface area contributed by atoms with E-state index in [1.807, 2.05) is 46.8 Å². The predicted octanol–water partition coefficient (Wildman–Crippen LogP) is 6.10. The lowest BCUT2D eigenvalue weighted by Crippen LogP contribution is -2.34. The molecule has 0 saturated carbocycles. The van der Waals surface area contributed by atoms with Crippen LogP contribution in [-0.2, 0) is 4.74 Å². The van der Waals surface area contributed by atoms with Gasteiger partial charge < -0.3 is 14.8 Å². The van der Waals surface area contributed by atoms with Crippen molar-refractivity contribution in [2.24, 2.45) is 5.92 Å². The predicted molar refractivity (Wildman–Crippen MR) is 135 cm³/mol. The molecule has 0 aliphatic heterocycles. The lowest BCUT2D eigenvalue weighted by molar-refractivity contribution is 0.0526. The summed E-state index contributed by atoms with van der Waals surface area (Å²) in [7, 11) is 1.67. The number of alkyl carbamates (subject to hydrolysis) is 1.